The molecule has 1 aliphatic rings. The van der Waals surface area contributed by atoms with Gasteiger partial charge in [-0.3, -0.25) is 9.69 Å². The molecule has 1 fully saturated rings. The van der Waals surface area contributed by atoms with Crippen LogP contribution in [0.15, 0.2) is 6.07 Å². The van der Waals surface area contributed by atoms with Crippen LogP contribution in [0, 0.1) is 13.8 Å². The van der Waals surface area contributed by atoms with Crippen LogP contribution in [0.4, 0.5) is 0 Å². The van der Waals surface area contributed by atoms with Crippen molar-refractivity contribution in [3.05, 3.63) is 23.0 Å². The molecule has 1 N–H and O–H groups in total. The molecule has 0 saturated carbocycles. The Labute approximate surface area is 110 Å². The molecule has 0 spiro atoms. The Bertz CT molecular complexity index is 422. The quantitative estimate of drug-likeness (QED) is 0.834. The Kier molecular flexibility index (Phi) is 4.23. The third-order valence-corrected chi connectivity index (χ3v) is 3.99. The lowest BCUT2D eigenvalue weighted by Gasteiger charge is -2.25. The van der Waals surface area contributed by atoms with E-state index in [1.807, 2.05) is 19.9 Å². The molecule has 2 heterocycles. The first kappa shape index (κ1) is 13.3. The fourth-order valence-corrected chi connectivity index (χ4v) is 2.85. The second kappa shape index (κ2) is 5.70. The van der Waals surface area contributed by atoms with Gasteiger partial charge in [0.25, 0.3) is 0 Å². The van der Waals surface area contributed by atoms with E-state index in [1.54, 1.807) is 0 Å². The molecule has 0 aliphatic carbocycles. The lowest BCUT2D eigenvalue weighted by molar-refractivity contribution is 0.0901. The van der Waals surface area contributed by atoms with Crippen molar-refractivity contribution in [2.45, 2.75) is 52.5 Å². The molecule has 3 nitrogen and oxygen atoms in total. The summed E-state index contributed by atoms with van der Waals surface area (Å²) < 4.78 is 0. The van der Waals surface area contributed by atoms with Gasteiger partial charge in [0, 0.05) is 23.0 Å². The predicted molar refractivity (Wildman–Crippen MR) is 74.1 cm³/mol. The zero-order valence-electron chi connectivity index (χ0n) is 11.8. The molecule has 2 rings (SSSR count). The van der Waals surface area contributed by atoms with Crippen LogP contribution in [0.3, 0.4) is 0 Å². The number of aromatic nitrogens is 1. The molecule has 0 radical (unpaired) electrons. The highest BCUT2D eigenvalue weighted by atomic mass is 16.1. The van der Waals surface area contributed by atoms with Crippen LogP contribution in [0.1, 0.15) is 54.4 Å². The molecule has 1 atom stereocenters. The number of aromatic amines is 1. The molecule has 1 unspecified atom stereocenters. The zero-order valence-corrected chi connectivity index (χ0v) is 11.8. The number of carbonyl (C=O) groups excluding carboxylic acids is 1. The first-order valence-corrected chi connectivity index (χ1v) is 7.01. The molecule has 3 heteroatoms. The number of ketones is 1. The van der Waals surface area contributed by atoms with Crippen LogP contribution < -0.4 is 0 Å². The first-order chi connectivity index (χ1) is 8.58. The Morgan fingerprint density at radius 1 is 1.39 bits per heavy atom. The van der Waals surface area contributed by atoms with Crippen molar-refractivity contribution in [2.24, 2.45) is 0 Å². The van der Waals surface area contributed by atoms with E-state index >= 15 is 0 Å². The van der Waals surface area contributed by atoms with E-state index < -0.39 is 0 Å². The molecular formula is C15H24N2O. The van der Waals surface area contributed by atoms with Gasteiger partial charge in [-0.15, -0.1) is 0 Å². The number of nitrogens with zero attached hydrogens (tertiary/aromatic N) is 1. The average Bonchev–Trinajstić information content (AvgIpc) is 2.52. The van der Waals surface area contributed by atoms with Crippen molar-refractivity contribution in [1.29, 1.82) is 0 Å². The van der Waals surface area contributed by atoms with Gasteiger partial charge in [-0.2, -0.15) is 0 Å². The molecule has 0 bridgehead atoms. The average molecular weight is 248 g/mol. The van der Waals surface area contributed by atoms with Crippen molar-refractivity contribution < 1.29 is 4.79 Å². The van der Waals surface area contributed by atoms with Crippen molar-refractivity contribution in [3.8, 4) is 0 Å². The number of likely N-dealkylation sites (tertiary alicyclic amines) is 1. The summed E-state index contributed by atoms with van der Waals surface area (Å²) in [5, 5.41) is 0. The Morgan fingerprint density at radius 3 is 2.83 bits per heavy atom. The van der Waals surface area contributed by atoms with E-state index in [4.69, 9.17) is 0 Å². The lowest BCUT2D eigenvalue weighted by atomic mass is 10.1. The topological polar surface area (TPSA) is 36.1 Å². The monoisotopic (exact) mass is 248 g/mol. The second-order valence-electron chi connectivity index (χ2n) is 5.58. The summed E-state index contributed by atoms with van der Waals surface area (Å²) in [5.41, 5.74) is 2.93. The summed E-state index contributed by atoms with van der Waals surface area (Å²) >= 11 is 0. The van der Waals surface area contributed by atoms with Gasteiger partial charge in [0.1, 0.15) is 0 Å². The largest absolute Gasteiger partial charge is 0.362 e. The number of H-pyrrole nitrogens is 1. The van der Waals surface area contributed by atoms with Gasteiger partial charge in [0.05, 0.1) is 6.54 Å². The predicted octanol–water partition coefficient (Wildman–Crippen LogP) is 3.08. The van der Waals surface area contributed by atoms with Crippen LogP contribution >= 0.6 is 0 Å². The summed E-state index contributed by atoms with van der Waals surface area (Å²) in [4.78, 5) is 17.9. The number of Topliss-reactive ketones (excluding diaryl/α,β-unsaturated/α-hetero) is 1. The van der Waals surface area contributed by atoms with Crippen LogP contribution in [0.2, 0.25) is 0 Å². The van der Waals surface area contributed by atoms with Gasteiger partial charge in [0.2, 0.25) is 0 Å². The number of nitrogens with one attached hydrogen (secondary N) is 1. The van der Waals surface area contributed by atoms with E-state index in [0.717, 1.165) is 23.5 Å². The van der Waals surface area contributed by atoms with Gasteiger partial charge < -0.3 is 4.98 Å². The Morgan fingerprint density at radius 2 is 2.17 bits per heavy atom. The SMILES string of the molecule is Cc1cc(C(=O)CN2CCCCCC2C)c(C)[nH]1. The van der Waals surface area contributed by atoms with Crippen molar-refractivity contribution in [3.63, 3.8) is 0 Å². The van der Waals surface area contributed by atoms with E-state index in [0.29, 0.717) is 12.6 Å². The summed E-state index contributed by atoms with van der Waals surface area (Å²) in [6.07, 6.45) is 5.05. The molecule has 1 aliphatic heterocycles. The van der Waals surface area contributed by atoms with Crippen molar-refractivity contribution in [1.82, 2.24) is 9.88 Å². The highest BCUT2D eigenvalue weighted by molar-refractivity contribution is 5.98. The van der Waals surface area contributed by atoms with Crippen LogP contribution in [0.25, 0.3) is 0 Å². The molecule has 1 aromatic rings. The maximum absolute atomic E-state index is 12.3. The molecule has 1 aromatic heterocycles. The summed E-state index contributed by atoms with van der Waals surface area (Å²) in [6, 6.07) is 2.51. The molecular weight excluding hydrogens is 224 g/mol. The minimum atomic E-state index is 0.255. The smallest absolute Gasteiger partial charge is 0.178 e. The highest BCUT2D eigenvalue weighted by Crippen LogP contribution is 2.18. The summed E-state index contributed by atoms with van der Waals surface area (Å²) in [5.74, 6) is 0.255. The van der Waals surface area contributed by atoms with Gasteiger partial charge in [-0.1, -0.05) is 12.8 Å². The van der Waals surface area contributed by atoms with Gasteiger partial charge in [-0.25, -0.2) is 0 Å². The number of aryl methyl sites for hydroxylation is 2. The zero-order chi connectivity index (χ0) is 13.1. The number of hydrogen-bond donors (Lipinski definition) is 1. The third kappa shape index (κ3) is 3.02. The van der Waals surface area contributed by atoms with Crippen molar-refractivity contribution in [2.75, 3.05) is 13.1 Å². The third-order valence-electron chi connectivity index (χ3n) is 3.99. The van der Waals surface area contributed by atoms with Crippen LogP contribution in [-0.2, 0) is 0 Å². The van der Waals surface area contributed by atoms with E-state index in [2.05, 4.69) is 16.8 Å². The van der Waals surface area contributed by atoms with Gasteiger partial charge in [-0.05, 0) is 46.2 Å². The fourth-order valence-electron chi connectivity index (χ4n) is 2.85. The van der Waals surface area contributed by atoms with Crippen LogP contribution in [-0.4, -0.2) is 34.8 Å². The first-order valence-electron chi connectivity index (χ1n) is 7.01. The lowest BCUT2D eigenvalue weighted by Crippen LogP contribution is -2.37. The number of carbonyl (C=O) groups is 1. The summed E-state index contributed by atoms with van der Waals surface area (Å²) in [7, 11) is 0. The fraction of sp³-hybridized carbons (Fsp3) is 0.667. The van der Waals surface area contributed by atoms with E-state index in [1.165, 1.54) is 25.7 Å². The minimum Gasteiger partial charge on any atom is -0.362 e. The van der Waals surface area contributed by atoms with E-state index in [-0.39, 0.29) is 5.78 Å². The normalized spacial score (nSPS) is 21.8. The number of hydrogen-bond acceptors (Lipinski definition) is 2. The molecule has 0 aromatic carbocycles. The highest BCUT2D eigenvalue weighted by Gasteiger charge is 2.21. The van der Waals surface area contributed by atoms with Gasteiger partial charge >= 0.3 is 0 Å². The second-order valence-corrected chi connectivity index (χ2v) is 5.58. The standard InChI is InChI=1S/C15H24N2O/c1-11-9-14(13(3)16-11)15(18)10-17-8-6-4-5-7-12(17)2/h9,12,16H,4-8,10H2,1-3H3. The van der Waals surface area contributed by atoms with Crippen molar-refractivity contribution >= 4 is 5.78 Å². The number of rotatable bonds is 3. The van der Waals surface area contributed by atoms with E-state index in [9.17, 15) is 4.79 Å². The Hall–Kier alpha value is -1.09. The van der Waals surface area contributed by atoms with Crippen LogP contribution in [0.5, 0.6) is 0 Å². The maximum Gasteiger partial charge on any atom is 0.178 e. The maximum atomic E-state index is 12.3. The molecule has 1 saturated heterocycles. The summed E-state index contributed by atoms with van der Waals surface area (Å²) in [6.45, 7) is 7.85. The molecule has 100 valence electrons. The molecule has 0 amide bonds. The minimum absolute atomic E-state index is 0.255. The molecule has 18 heavy (non-hydrogen) atoms. The Balaban J connectivity index is 2.04. The van der Waals surface area contributed by atoms with Gasteiger partial charge in [0.15, 0.2) is 5.78 Å².